The second kappa shape index (κ2) is 17.2. The van der Waals surface area contributed by atoms with Gasteiger partial charge in [-0.2, -0.15) is 15.0 Å². The summed E-state index contributed by atoms with van der Waals surface area (Å²) in [6.07, 6.45) is 3.02. The average Bonchev–Trinajstić information content (AvgIpc) is 3.02. The minimum Gasteiger partial charge on any atom is -0.393 e. The molecule has 1 fully saturated rings. The molecule has 1 amide bonds. The molecule has 1 saturated carbocycles. The van der Waals surface area contributed by atoms with Gasteiger partial charge in [-0.05, 0) is 48.9 Å². The minimum atomic E-state index is -0.231. The molecule has 4 rings (SSSR count). The number of amides is 1. The van der Waals surface area contributed by atoms with Crippen LogP contribution in [0.4, 0.5) is 17.8 Å². The maximum Gasteiger partial charge on any atom is 0.251 e. The van der Waals surface area contributed by atoms with Crippen molar-refractivity contribution in [3.05, 3.63) is 71.3 Å². The van der Waals surface area contributed by atoms with E-state index in [0.29, 0.717) is 76.0 Å². The number of aliphatic hydroxyl groups is 1. The molecule has 7 N–H and O–H groups in total. The first-order valence-corrected chi connectivity index (χ1v) is 14.5. The summed E-state index contributed by atoms with van der Waals surface area (Å²) in [7, 11) is 0. The number of hydrogen-bond donors (Lipinski definition) is 6. The van der Waals surface area contributed by atoms with Gasteiger partial charge in [0, 0.05) is 37.8 Å². The molecule has 12 nitrogen and oxygen atoms in total. The lowest BCUT2D eigenvalue weighted by molar-refractivity contribution is 0.0511. The van der Waals surface area contributed by atoms with E-state index in [9.17, 15) is 9.90 Å². The number of rotatable bonds is 17. The van der Waals surface area contributed by atoms with Crippen LogP contribution in [-0.4, -0.2) is 77.6 Å². The van der Waals surface area contributed by atoms with Crippen molar-refractivity contribution in [3.63, 3.8) is 0 Å². The third kappa shape index (κ3) is 10.9. The van der Waals surface area contributed by atoms with Crippen LogP contribution in [0.3, 0.4) is 0 Å². The first-order valence-electron chi connectivity index (χ1n) is 14.5. The standard InChI is InChI=1S/C30H42N8O4/c31-14-16-41-18-19-42-17-15-32-27(40)24-8-6-23(7-9-24)21-34-29-36-28(33-20-22-4-2-1-3-5-22)37-30(38-29)35-25-10-12-26(39)13-11-25/h1-9,25-26,39H,10-21,31H2,(H,32,40)(H3,33,34,35,36,37,38). The molecule has 1 aromatic heterocycles. The van der Waals surface area contributed by atoms with Gasteiger partial charge in [-0.3, -0.25) is 4.79 Å². The highest BCUT2D eigenvalue weighted by atomic mass is 16.5. The molecule has 1 aliphatic rings. The Balaban J connectivity index is 1.29. The molecule has 2 aromatic carbocycles. The second-order valence-electron chi connectivity index (χ2n) is 10.1. The lowest BCUT2D eigenvalue weighted by Gasteiger charge is -2.26. The summed E-state index contributed by atoms with van der Waals surface area (Å²) in [4.78, 5) is 26.2. The van der Waals surface area contributed by atoms with Crippen molar-refractivity contribution in [1.82, 2.24) is 20.3 Å². The predicted octanol–water partition coefficient (Wildman–Crippen LogP) is 2.53. The highest BCUT2D eigenvalue weighted by Crippen LogP contribution is 2.22. The Morgan fingerprint density at radius 2 is 1.38 bits per heavy atom. The fourth-order valence-electron chi connectivity index (χ4n) is 4.48. The Bertz CT molecular complexity index is 1210. The Morgan fingerprint density at radius 1 is 0.786 bits per heavy atom. The SMILES string of the molecule is NCCOCCOCCNC(=O)c1ccc(CNc2nc(NCc3ccccc3)nc(NC3CCC(O)CC3)n2)cc1. The smallest absolute Gasteiger partial charge is 0.251 e. The third-order valence-corrected chi connectivity index (χ3v) is 6.79. The number of carbonyl (C=O) groups is 1. The lowest BCUT2D eigenvalue weighted by atomic mass is 9.93. The van der Waals surface area contributed by atoms with E-state index in [1.807, 2.05) is 42.5 Å². The summed E-state index contributed by atoms with van der Waals surface area (Å²) in [5.41, 5.74) is 8.03. The number of carbonyl (C=O) groups excluding carboxylic acids is 1. The Hall–Kier alpha value is -3.84. The fraction of sp³-hybridized carbons (Fsp3) is 0.467. The molecule has 226 valence electrons. The van der Waals surface area contributed by atoms with Crippen LogP contribution >= 0.6 is 0 Å². The summed E-state index contributed by atoms with van der Waals surface area (Å²) in [5, 5.41) is 22.7. The van der Waals surface area contributed by atoms with Crippen molar-refractivity contribution in [3.8, 4) is 0 Å². The number of hydrogen-bond acceptors (Lipinski definition) is 11. The van der Waals surface area contributed by atoms with Gasteiger partial charge in [-0.1, -0.05) is 42.5 Å². The van der Waals surface area contributed by atoms with Crippen LogP contribution in [-0.2, 0) is 22.6 Å². The highest BCUT2D eigenvalue weighted by molar-refractivity contribution is 5.94. The lowest BCUT2D eigenvalue weighted by Crippen LogP contribution is -2.29. The summed E-state index contributed by atoms with van der Waals surface area (Å²) < 4.78 is 10.7. The van der Waals surface area contributed by atoms with Crippen molar-refractivity contribution < 1.29 is 19.4 Å². The first-order chi connectivity index (χ1) is 20.6. The molecule has 0 bridgehead atoms. The largest absolute Gasteiger partial charge is 0.393 e. The Labute approximate surface area is 246 Å². The summed E-state index contributed by atoms with van der Waals surface area (Å²) in [6.45, 7) is 3.83. The van der Waals surface area contributed by atoms with Gasteiger partial charge in [0.2, 0.25) is 17.8 Å². The molecule has 0 aliphatic heterocycles. The van der Waals surface area contributed by atoms with Gasteiger partial charge in [0.15, 0.2) is 0 Å². The number of nitrogens with two attached hydrogens (primary N) is 1. The van der Waals surface area contributed by atoms with Crippen LogP contribution in [0.1, 0.15) is 47.2 Å². The Morgan fingerprint density at radius 3 is 2.02 bits per heavy atom. The molecule has 0 unspecified atom stereocenters. The van der Waals surface area contributed by atoms with E-state index in [2.05, 4.69) is 36.2 Å². The molecule has 1 heterocycles. The molecule has 42 heavy (non-hydrogen) atoms. The predicted molar refractivity (Wildman–Crippen MR) is 162 cm³/mol. The van der Waals surface area contributed by atoms with Crippen molar-refractivity contribution in [2.75, 3.05) is 55.5 Å². The molecule has 3 aromatic rings. The van der Waals surface area contributed by atoms with E-state index in [1.54, 1.807) is 12.1 Å². The molecule has 0 saturated heterocycles. The maximum absolute atomic E-state index is 12.5. The fourth-order valence-corrected chi connectivity index (χ4v) is 4.48. The number of anilines is 3. The minimum absolute atomic E-state index is 0.157. The van der Waals surface area contributed by atoms with Crippen LogP contribution in [0.5, 0.6) is 0 Å². The zero-order valence-electron chi connectivity index (χ0n) is 23.9. The van der Waals surface area contributed by atoms with Gasteiger partial charge in [0.05, 0.1) is 32.5 Å². The van der Waals surface area contributed by atoms with Crippen molar-refractivity contribution >= 4 is 23.8 Å². The van der Waals surface area contributed by atoms with Crippen LogP contribution in [0.15, 0.2) is 54.6 Å². The van der Waals surface area contributed by atoms with E-state index in [4.69, 9.17) is 15.2 Å². The molecule has 0 radical (unpaired) electrons. The van der Waals surface area contributed by atoms with Gasteiger partial charge in [-0.25, -0.2) is 0 Å². The number of aromatic nitrogens is 3. The van der Waals surface area contributed by atoms with Gasteiger partial charge >= 0.3 is 0 Å². The average molecular weight is 579 g/mol. The summed E-state index contributed by atoms with van der Waals surface area (Å²) >= 11 is 0. The molecule has 1 aliphatic carbocycles. The van der Waals surface area contributed by atoms with E-state index in [-0.39, 0.29) is 18.1 Å². The monoisotopic (exact) mass is 578 g/mol. The van der Waals surface area contributed by atoms with E-state index in [1.165, 1.54) is 0 Å². The van der Waals surface area contributed by atoms with E-state index in [0.717, 1.165) is 36.8 Å². The van der Waals surface area contributed by atoms with E-state index < -0.39 is 0 Å². The molecule has 0 spiro atoms. The topological polar surface area (TPSA) is 169 Å². The van der Waals surface area contributed by atoms with Crippen LogP contribution < -0.4 is 27.0 Å². The summed E-state index contributed by atoms with van der Waals surface area (Å²) in [6, 6.07) is 17.6. The van der Waals surface area contributed by atoms with Gasteiger partial charge in [0.1, 0.15) is 0 Å². The van der Waals surface area contributed by atoms with Crippen LogP contribution in [0, 0.1) is 0 Å². The third-order valence-electron chi connectivity index (χ3n) is 6.79. The molecular weight excluding hydrogens is 536 g/mol. The zero-order valence-corrected chi connectivity index (χ0v) is 23.9. The molecular formula is C30H42N8O4. The zero-order chi connectivity index (χ0) is 29.4. The maximum atomic E-state index is 12.5. The Kier molecular flexibility index (Phi) is 12.7. The van der Waals surface area contributed by atoms with Crippen molar-refractivity contribution in [1.29, 1.82) is 0 Å². The number of aliphatic hydroxyl groups excluding tert-OH is 1. The van der Waals surface area contributed by atoms with Crippen LogP contribution in [0.25, 0.3) is 0 Å². The first kappa shape index (κ1) is 31.1. The number of nitrogens with one attached hydrogen (secondary N) is 4. The number of ether oxygens (including phenoxy) is 2. The van der Waals surface area contributed by atoms with Crippen molar-refractivity contribution in [2.24, 2.45) is 5.73 Å². The normalized spacial score (nSPS) is 16.5. The molecule has 12 heteroatoms. The van der Waals surface area contributed by atoms with Crippen molar-refractivity contribution in [2.45, 2.75) is 50.9 Å². The highest BCUT2D eigenvalue weighted by Gasteiger charge is 2.20. The van der Waals surface area contributed by atoms with E-state index >= 15 is 0 Å². The van der Waals surface area contributed by atoms with Gasteiger partial charge < -0.3 is 41.6 Å². The van der Waals surface area contributed by atoms with Crippen LogP contribution in [0.2, 0.25) is 0 Å². The quantitative estimate of drug-likeness (QED) is 0.130. The second-order valence-corrected chi connectivity index (χ2v) is 10.1. The van der Waals surface area contributed by atoms with Gasteiger partial charge in [0.25, 0.3) is 5.91 Å². The summed E-state index contributed by atoms with van der Waals surface area (Å²) in [5.74, 6) is 1.24. The number of benzene rings is 2. The molecule has 0 atom stereocenters. The number of nitrogens with zero attached hydrogens (tertiary/aromatic N) is 3. The van der Waals surface area contributed by atoms with Gasteiger partial charge in [-0.15, -0.1) is 0 Å².